The van der Waals surface area contributed by atoms with Gasteiger partial charge in [0.25, 0.3) is 0 Å². The number of aliphatic hydroxyl groups excluding tert-OH is 1. The maximum Gasteiger partial charge on any atom is 0.226 e. The van der Waals surface area contributed by atoms with Gasteiger partial charge in [-0.2, -0.15) is 0 Å². The quantitative estimate of drug-likeness (QED) is 0.842. The van der Waals surface area contributed by atoms with Crippen LogP contribution in [0, 0.1) is 5.92 Å². The molecule has 2 aliphatic rings. The highest BCUT2D eigenvalue weighted by atomic mass is 16.3. The zero-order valence-corrected chi connectivity index (χ0v) is 10.4. The van der Waals surface area contributed by atoms with Gasteiger partial charge in [0.05, 0.1) is 24.3 Å². The Morgan fingerprint density at radius 1 is 1.33 bits per heavy atom. The fourth-order valence-corrected chi connectivity index (χ4v) is 3.16. The van der Waals surface area contributed by atoms with E-state index in [9.17, 15) is 9.90 Å². The van der Waals surface area contributed by atoms with Crippen LogP contribution < -0.4 is 5.32 Å². The molecule has 3 unspecified atom stereocenters. The Morgan fingerprint density at radius 2 is 2.22 bits per heavy atom. The van der Waals surface area contributed by atoms with Crippen molar-refractivity contribution in [2.45, 2.75) is 50.7 Å². The lowest BCUT2D eigenvalue weighted by Gasteiger charge is -2.25. The summed E-state index contributed by atoms with van der Waals surface area (Å²) in [6.45, 7) is 0. The third-order valence-corrected chi connectivity index (χ3v) is 4.18. The lowest BCUT2D eigenvalue weighted by Crippen LogP contribution is -2.38. The van der Waals surface area contributed by atoms with E-state index in [0.29, 0.717) is 0 Å². The number of aryl methyl sites for hydroxylation is 1. The predicted molar refractivity (Wildman–Crippen MR) is 65.9 cm³/mol. The Hall–Kier alpha value is -1.29. The molecule has 4 nitrogen and oxygen atoms in total. The highest BCUT2D eigenvalue weighted by Gasteiger charge is 2.33. The van der Waals surface area contributed by atoms with E-state index in [1.54, 1.807) is 6.26 Å². The zero-order valence-electron chi connectivity index (χ0n) is 10.4. The average Bonchev–Trinajstić information content (AvgIpc) is 2.97. The van der Waals surface area contributed by atoms with Crippen molar-refractivity contribution >= 4 is 5.91 Å². The highest BCUT2D eigenvalue weighted by Crippen LogP contribution is 2.32. The molecule has 2 N–H and O–H groups in total. The number of carbonyl (C=O) groups excluding carboxylic acids is 1. The fraction of sp³-hybridized carbons (Fsp3) is 0.643. The van der Waals surface area contributed by atoms with Gasteiger partial charge in [0.2, 0.25) is 5.91 Å². The lowest BCUT2D eigenvalue weighted by atomic mass is 9.92. The van der Waals surface area contributed by atoms with Gasteiger partial charge in [-0.3, -0.25) is 4.79 Å². The molecule has 2 aliphatic carbocycles. The topological polar surface area (TPSA) is 62.5 Å². The average molecular weight is 249 g/mol. The van der Waals surface area contributed by atoms with Crippen LogP contribution in [0.15, 0.2) is 16.7 Å². The van der Waals surface area contributed by atoms with Gasteiger partial charge in [0.1, 0.15) is 5.76 Å². The molecule has 1 amide bonds. The summed E-state index contributed by atoms with van der Waals surface area (Å²) in [6.07, 6.45) is 6.69. The van der Waals surface area contributed by atoms with Crippen molar-refractivity contribution in [1.29, 1.82) is 0 Å². The molecule has 1 fully saturated rings. The molecule has 4 heteroatoms. The first-order chi connectivity index (χ1) is 8.75. The van der Waals surface area contributed by atoms with E-state index in [-0.39, 0.29) is 17.9 Å². The van der Waals surface area contributed by atoms with Gasteiger partial charge in [0, 0.05) is 12.0 Å². The number of amides is 1. The largest absolute Gasteiger partial charge is 0.469 e. The maximum absolute atomic E-state index is 12.2. The lowest BCUT2D eigenvalue weighted by molar-refractivity contribution is -0.128. The van der Waals surface area contributed by atoms with Crippen molar-refractivity contribution < 1.29 is 14.3 Å². The summed E-state index contributed by atoms with van der Waals surface area (Å²) in [5, 5.41) is 12.8. The van der Waals surface area contributed by atoms with Crippen LogP contribution in [0.4, 0.5) is 0 Å². The Balaban J connectivity index is 1.69. The van der Waals surface area contributed by atoms with E-state index in [0.717, 1.165) is 49.8 Å². The van der Waals surface area contributed by atoms with E-state index < -0.39 is 6.10 Å². The van der Waals surface area contributed by atoms with Crippen LogP contribution >= 0.6 is 0 Å². The number of nitrogens with one attached hydrogen (secondary N) is 1. The Bertz CT molecular complexity index is 440. The van der Waals surface area contributed by atoms with Crippen LogP contribution in [0.3, 0.4) is 0 Å². The second-order valence-electron chi connectivity index (χ2n) is 5.36. The van der Waals surface area contributed by atoms with Crippen molar-refractivity contribution in [3.63, 3.8) is 0 Å². The molecule has 0 aliphatic heterocycles. The standard InChI is InChI=1S/C14H19NO3/c16-12-5-1-3-10(12)14(17)15-11-4-2-6-13-9(11)7-8-18-13/h7-8,10-12,16H,1-6H2,(H,15,17). The normalized spacial score (nSPS) is 31.1. The molecular formula is C14H19NO3. The molecule has 1 aromatic heterocycles. The summed E-state index contributed by atoms with van der Waals surface area (Å²) in [5.74, 6) is 0.778. The van der Waals surface area contributed by atoms with E-state index >= 15 is 0 Å². The van der Waals surface area contributed by atoms with Crippen molar-refractivity contribution in [2.24, 2.45) is 5.92 Å². The smallest absolute Gasteiger partial charge is 0.226 e. The Kier molecular flexibility index (Phi) is 3.12. The first-order valence-corrected chi connectivity index (χ1v) is 6.80. The van der Waals surface area contributed by atoms with Crippen molar-refractivity contribution in [1.82, 2.24) is 5.32 Å². The van der Waals surface area contributed by atoms with Crippen LogP contribution in [0.2, 0.25) is 0 Å². The van der Waals surface area contributed by atoms with Crippen LogP contribution in [0.5, 0.6) is 0 Å². The summed E-state index contributed by atoms with van der Waals surface area (Å²) in [5.41, 5.74) is 1.11. The van der Waals surface area contributed by atoms with Gasteiger partial charge in [-0.05, 0) is 38.2 Å². The molecule has 0 aromatic carbocycles. The molecule has 1 aromatic rings. The van der Waals surface area contributed by atoms with Crippen molar-refractivity contribution in [2.75, 3.05) is 0 Å². The number of fused-ring (bicyclic) bond motifs is 1. The first kappa shape index (κ1) is 11.8. The Labute approximate surface area is 106 Å². The highest BCUT2D eigenvalue weighted by molar-refractivity contribution is 5.80. The van der Waals surface area contributed by atoms with E-state index in [1.807, 2.05) is 6.07 Å². The van der Waals surface area contributed by atoms with Crippen LogP contribution in [0.1, 0.15) is 49.5 Å². The third-order valence-electron chi connectivity index (χ3n) is 4.18. The molecule has 1 heterocycles. The molecule has 0 saturated heterocycles. The van der Waals surface area contributed by atoms with Gasteiger partial charge in [-0.1, -0.05) is 0 Å². The van der Waals surface area contributed by atoms with Crippen LogP contribution in [-0.2, 0) is 11.2 Å². The summed E-state index contributed by atoms with van der Waals surface area (Å²) in [6, 6.07) is 2.01. The molecule has 1 saturated carbocycles. The molecular weight excluding hydrogens is 230 g/mol. The minimum atomic E-state index is -0.461. The van der Waals surface area contributed by atoms with Crippen molar-refractivity contribution in [3.8, 4) is 0 Å². The summed E-state index contributed by atoms with van der Waals surface area (Å²) in [7, 11) is 0. The van der Waals surface area contributed by atoms with E-state index in [4.69, 9.17) is 4.42 Å². The van der Waals surface area contributed by atoms with E-state index in [1.165, 1.54) is 0 Å². The first-order valence-electron chi connectivity index (χ1n) is 6.80. The predicted octanol–water partition coefficient (Wildman–Crippen LogP) is 1.93. The van der Waals surface area contributed by atoms with Crippen LogP contribution in [0.25, 0.3) is 0 Å². The van der Waals surface area contributed by atoms with Gasteiger partial charge in [0.15, 0.2) is 0 Å². The zero-order chi connectivity index (χ0) is 12.5. The van der Waals surface area contributed by atoms with Crippen LogP contribution in [-0.4, -0.2) is 17.1 Å². The second kappa shape index (κ2) is 4.76. The summed E-state index contributed by atoms with van der Waals surface area (Å²) >= 11 is 0. The molecule has 0 radical (unpaired) electrons. The summed E-state index contributed by atoms with van der Waals surface area (Å²) < 4.78 is 5.41. The van der Waals surface area contributed by atoms with Gasteiger partial charge in [-0.25, -0.2) is 0 Å². The molecule has 0 bridgehead atoms. The molecule has 18 heavy (non-hydrogen) atoms. The SMILES string of the molecule is O=C(NC1CCCc2occc21)C1CCCC1O. The molecule has 0 spiro atoms. The number of carbonyl (C=O) groups is 1. The monoisotopic (exact) mass is 249 g/mol. The third kappa shape index (κ3) is 2.05. The Morgan fingerprint density at radius 3 is 3.00 bits per heavy atom. The fourth-order valence-electron chi connectivity index (χ4n) is 3.16. The number of furan rings is 1. The molecule has 3 rings (SSSR count). The number of hydrogen-bond acceptors (Lipinski definition) is 3. The summed E-state index contributed by atoms with van der Waals surface area (Å²) in [4.78, 5) is 12.2. The minimum absolute atomic E-state index is 0.000880. The maximum atomic E-state index is 12.2. The van der Waals surface area contributed by atoms with Gasteiger partial charge >= 0.3 is 0 Å². The number of hydrogen-bond donors (Lipinski definition) is 2. The van der Waals surface area contributed by atoms with E-state index in [2.05, 4.69) is 5.32 Å². The minimum Gasteiger partial charge on any atom is -0.469 e. The number of aliphatic hydroxyl groups is 1. The molecule has 3 atom stereocenters. The number of rotatable bonds is 2. The van der Waals surface area contributed by atoms with Gasteiger partial charge < -0.3 is 14.8 Å². The van der Waals surface area contributed by atoms with Crippen molar-refractivity contribution in [3.05, 3.63) is 23.7 Å². The molecule has 98 valence electrons. The van der Waals surface area contributed by atoms with Gasteiger partial charge in [-0.15, -0.1) is 0 Å². The second-order valence-corrected chi connectivity index (χ2v) is 5.36.